The Bertz CT molecular complexity index is 674. The van der Waals surface area contributed by atoms with Crippen LogP contribution in [-0.2, 0) is 20.9 Å². The lowest BCUT2D eigenvalue weighted by Gasteiger charge is -2.33. The van der Waals surface area contributed by atoms with Crippen molar-refractivity contribution in [2.75, 3.05) is 33.3 Å². The summed E-state index contributed by atoms with van der Waals surface area (Å²) in [7, 11) is 1.95. The lowest BCUT2D eigenvalue weighted by Crippen LogP contribution is -2.41. The number of carbonyl (C=O) groups excluding carboxylic acids is 1. The van der Waals surface area contributed by atoms with Crippen molar-refractivity contribution in [1.82, 2.24) is 9.80 Å². The number of piperidine rings is 1. The molecule has 168 valence electrons. The summed E-state index contributed by atoms with van der Waals surface area (Å²) in [5.74, 6) is -2.13. The number of benzene rings is 1. The van der Waals surface area contributed by atoms with Gasteiger partial charge in [-0.1, -0.05) is 31.5 Å². The van der Waals surface area contributed by atoms with Gasteiger partial charge in [0.25, 0.3) is 0 Å². The van der Waals surface area contributed by atoms with Gasteiger partial charge in [-0.2, -0.15) is 0 Å². The Balaban J connectivity index is 0.000000656. The second kappa shape index (κ2) is 13.6. The van der Waals surface area contributed by atoms with Crippen molar-refractivity contribution in [3.8, 4) is 5.75 Å². The molecule has 0 spiro atoms. The molecule has 1 saturated heterocycles. The first-order chi connectivity index (χ1) is 14.3. The molecule has 1 aromatic rings. The summed E-state index contributed by atoms with van der Waals surface area (Å²) < 4.78 is 5.72. The van der Waals surface area contributed by atoms with Gasteiger partial charge in [-0.05, 0) is 45.3 Å². The molecule has 0 bridgehead atoms. The Hall–Kier alpha value is -2.61. The summed E-state index contributed by atoms with van der Waals surface area (Å²) >= 11 is 0. The molecule has 2 N–H and O–H groups in total. The molecule has 1 aliphatic rings. The van der Waals surface area contributed by atoms with Gasteiger partial charge in [-0.15, -0.1) is 0 Å². The molecule has 0 saturated carbocycles. The Morgan fingerprint density at radius 3 is 2.23 bits per heavy atom. The molecular formula is C22H34N2O6. The van der Waals surface area contributed by atoms with Crippen molar-refractivity contribution in [3.63, 3.8) is 0 Å². The highest BCUT2D eigenvalue weighted by Crippen LogP contribution is 2.24. The second-order valence-electron chi connectivity index (χ2n) is 7.31. The molecule has 0 radical (unpaired) electrons. The third-order valence-corrected chi connectivity index (χ3v) is 5.01. The quantitative estimate of drug-likeness (QED) is 0.620. The molecule has 0 aliphatic carbocycles. The minimum atomic E-state index is -1.82. The number of carboxylic acid groups (broad SMARTS) is 2. The van der Waals surface area contributed by atoms with E-state index in [1.54, 1.807) is 0 Å². The van der Waals surface area contributed by atoms with Crippen LogP contribution in [0.4, 0.5) is 0 Å². The van der Waals surface area contributed by atoms with Crippen LogP contribution in [0.25, 0.3) is 0 Å². The molecule has 1 fully saturated rings. The van der Waals surface area contributed by atoms with E-state index in [9.17, 15) is 4.79 Å². The van der Waals surface area contributed by atoms with Gasteiger partial charge in [-0.25, -0.2) is 9.59 Å². The lowest BCUT2D eigenvalue weighted by molar-refractivity contribution is -0.159. The zero-order valence-electron chi connectivity index (χ0n) is 18.2. The molecule has 1 heterocycles. The number of hydrogen-bond acceptors (Lipinski definition) is 5. The van der Waals surface area contributed by atoms with Gasteiger partial charge < -0.3 is 19.8 Å². The van der Waals surface area contributed by atoms with Crippen molar-refractivity contribution in [2.45, 2.75) is 46.1 Å². The summed E-state index contributed by atoms with van der Waals surface area (Å²) in [4.78, 5) is 35.1. The van der Waals surface area contributed by atoms with E-state index in [2.05, 4.69) is 24.0 Å². The predicted molar refractivity (Wildman–Crippen MR) is 113 cm³/mol. The number of para-hydroxylation sites is 1. The third-order valence-electron chi connectivity index (χ3n) is 5.01. The molecule has 1 amide bonds. The van der Waals surface area contributed by atoms with Crippen LogP contribution in [-0.4, -0.2) is 71.1 Å². The largest absolute Gasteiger partial charge is 0.494 e. The van der Waals surface area contributed by atoms with Crippen molar-refractivity contribution in [2.24, 2.45) is 5.92 Å². The van der Waals surface area contributed by atoms with Crippen LogP contribution in [0.15, 0.2) is 24.3 Å². The maximum Gasteiger partial charge on any atom is 0.414 e. The van der Waals surface area contributed by atoms with E-state index < -0.39 is 11.9 Å². The van der Waals surface area contributed by atoms with Crippen molar-refractivity contribution >= 4 is 17.8 Å². The predicted octanol–water partition coefficient (Wildman–Crippen LogP) is 2.71. The van der Waals surface area contributed by atoms with E-state index in [0.29, 0.717) is 12.5 Å². The second-order valence-corrected chi connectivity index (χ2v) is 7.31. The van der Waals surface area contributed by atoms with Crippen LogP contribution in [0.2, 0.25) is 0 Å². The number of likely N-dealkylation sites (tertiary alicyclic amines) is 1. The number of amides is 1. The van der Waals surface area contributed by atoms with Crippen LogP contribution in [0, 0.1) is 5.92 Å². The first-order valence-electron chi connectivity index (χ1n) is 10.4. The average molecular weight is 423 g/mol. The number of aliphatic carboxylic acids is 2. The fourth-order valence-electron chi connectivity index (χ4n) is 3.33. The van der Waals surface area contributed by atoms with E-state index in [0.717, 1.165) is 57.6 Å². The van der Waals surface area contributed by atoms with Crippen molar-refractivity contribution in [3.05, 3.63) is 29.8 Å². The summed E-state index contributed by atoms with van der Waals surface area (Å²) in [6, 6.07) is 8.26. The van der Waals surface area contributed by atoms with Gasteiger partial charge in [0.05, 0.1) is 6.61 Å². The highest BCUT2D eigenvalue weighted by atomic mass is 16.5. The van der Waals surface area contributed by atoms with E-state index in [4.69, 9.17) is 24.5 Å². The molecule has 0 aromatic heterocycles. The molecule has 0 atom stereocenters. The number of unbranched alkanes of at least 4 members (excludes halogenated alkanes) is 1. The summed E-state index contributed by atoms with van der Waals surface area (Å²) in [5, 5.41) is 14.8. The summed E-state index contributed by atoms with van der Waals surface area (Å²) in [6.45, 7) is 8.63. The first kappa shape index (κ1) is 25.4. The smallest absolute Gasteiger partial charge is 0.414 e. The molecule has 2 rings (SSSR count). The number of carboxylic acids is 2. The third kappa shape index (κ3) is 8.82. The van der Waals surface area contributed by atoms with E-state index in [1.807, 2.05) is 31.0 Å². The maximum absolute atomic E-state index is 12.5. The average Bonchev–Trinajstić information content (AvgIpc) is 2.74. The van der Waals surface area contributed by atoms with Crippen molar-refractivity contribution < 1.29 is 29.3 Å². The highest BCUT2D eigenvalue weighted by Gasteiger charge is 2.27. The SMILES string of the molecule is CCCCN(C)C(=O)C1CCN(Cc2ccccc2OCC)CC1.O=C(O)C(=O)O. The van der Waals surface area contributed by atoms with Crippen LogP contribution < -0.4 is 4.74 Å². The zero-order chi connectivity index (χ0) is 22.5. The van der Waals surface area contributed by atoms with E-state index in [-0.39, 0.29) is 5.92 Å². The van der Waals surface area contributed by atoms with Gasteiger partial charge in [0.15, 0.2) is 0 Å². The van der Waals surface area contributed by atoms with Crippen LogP contribution >= 0.6 is 0 Å². The van der Waals surface area contributed by atoms with Crippen LogP contribution in [0.5, 0.6) is 5.75 Å². The van der Waals surface area contributed by atoms with Gasteiger partial charge in [0.1, 0.15) is 5.75 Å². The van der Waals surface area contributed by atoms with E-state index in [1.165, 1.54) is 5.56 Å². The lowest BCUT2D eigenvalue weighted by atomic mass is 9.95. The number of hydrogen-bond donors (Lipinski definition) is 2. The monoisotopic (exact) mass is 422 g/mol. The van der Waals surface area contributed by atoms with Crippen molar-refractivity contribution in [1.29, 1.82) is 0 Å². The van der Waals surface area contributed by atoms with Gasteiger partial charge in [0, 0.05) is 31.6 Å². The number of nitrogens with zero attached hydrogens (tertiary/aromatic N) is 2. The standard InChI is InChI=1S/C20H32N2O2.C2H2O4/c1-4-6-13-21(3)20(23)17-11-14-22(15-12-17)16-18-9-7-8-10-19(18)24-5-2;3-1(4)2(5)6/h7-10,17H,4-6,11-16H2,1-3H3;(H,3,4)(H,5,6). The first-order valence-corrected chi connectivity index (χ1v) is 10.4. The van der Waals surface area contributed by atoms with E-state index >= 15 is 0 Å². The minimum Gasteiger partial charge on any atom is -0.494 e. The Morgan fingerprint density at radius 2 is 1.70 bits per heavy atom. The zero-order valence-corrected chi connectivity index (χ0v) is 18.2. The number of carbonyl (C=O) groups is 3. The molecule has 8 heteroatoms. The van der Waals surface area contributed by atoms with Crippen LogP contribution in [0.1, 0.15) is 45.1 Å². The van der Waals surface area contributed by atoms with Gasteiger partial charge in [0.2, 0.25) is 5.91 Å². The Kier molecular flexibility index (Phi) is 11.5. The highest BCUT2D eigenvalue weighted by molar-refractivity contribution is 6.27. The topological polar surface area (TPSA) is 107 Å². The number of rotatable bonds is 8. The molecule has 0 unspecified atom stereocenters. The molecule has 8 nitrogen and oxygen atoms in total. The van der Waals surface area contributed by atoms with Gasteiger partial charge >= 0.3 is 11.9 Å². The fourth-order valence-corrected chi connectivity index (χ4v) is 3.33. The minimum absolute atomic E-state index is 0.199. The molecule has 1 aromatic carbocycles. The normalized spacial score (nSPS) is 14.4. The number of ether oxygens (including phenoxy) is 1. The molecule has 1 aliphatic heterocycles. The Labute approximate surface area is 178 Å². The Morgan fingerprint density at radius 1 is 1.10 bits per heavy atom. The summed E-state index contributed by atoms with van der Waals surface area (Å²) in [5.41, 5.74) is 1.24. The molecule has 30 heavy (non-hydrogen) atoms. The van der Waals surface area contributed by atoms with Gasteiger partial charge in [-0.3, -0.25) is 9.69 Å². The van der Waals surface area contributed by atoms with Crippen LogP contribution in [0.3, 0.4) is 0 Å². The molecular weight excluding hydrogens is 388 g/mol. The fraction of sp³-hybridized carbons (Fsp3) is 0.591. The maximum atomic E-state index is 12.5. The summed E-state index contributed by atoms with van der Waals surface area (Å²) in [6.07, 6.45) is 4.16.